The molecule has 2 rings (SSSR count). The van der Waals surface area contributed by atoms with Crippen LogP contribution in [0.25, 0.3) is 0 Å². The number of anilines is 2. The summed E-state index contributed by atoms with van der Waals surface area (Å²) in [6.07, 6.45) is 3.20. The molecule has 0 unspecified atom stereocenters. The van der Waals surface area contributed by atoms with Gasteiger partial charge in [-0.3, -0.25) is 9.59 Å². The minimum Gasteiger partial charge on any atom is -0.324 e. The van der Waals surface area contributed by atoms with Gasteiger partial charge in [-0.1, -0.05) is 5.92 Å². The lowest BCUT2D eigenvalue weighted by molar-refractivity contribution is -0.115. The van der Waals surface area contributed by atoms with Crippen LogP contribution in [0.3, 0.4) is 0 Å². The first-order valence-corrected chi connectivity index (χ1v) is 6.94. The Morgan fingerprint density at radius 3 is 2.39 bits per heavy atom. The zero-order valence-corrected chi connectivity index (χ0v) is 13.1. The molecule has 0 bridgehead atoms. The summed E-state index contributed by atoms with van der Waals surface area (Å²) in [5.41, 5.74) is 2.65. The van der Waals surface area contributed by atoms with Crippen LogP contribution in [0.15, 0.2) is 30.6 Å². The molecule has 0 atom stereocenters. The first kappa shape index (κ1) is 16.2. The summed E-state index contributed by atoms with van der Waals surface area (Å²) in [6.45, 7) is 4.72. The largest absolute Gasteiger partial charge is 0.324 e. The molecule has 0 aliphatic rings. The van der Waals surface area contributed by atoms with Gasteiger partial charge in [0.1, 0.15) is 11.5 Å². The number of hydrogen-bond donors (Lipinski definition) is 2. The molecule has 0 radical (unpaired) electrons. The summed E-state index contributed by atoms with van der Waals surface area (Å²) in [6, 6.07) is 5.20. The predicted octanol–water partition coefficient (Wildman–Crippen LogP) is 2.10. The van der Waals surface area contributed by atoms with Crippen molar-refractivity contribution in [3.8, 4) is 11.8 Å². The Morgan fingerprint density at radius 1 is 1.00 bits per heavy atom. The number of nitrogens with one attached hydrogen (secondary N) is 2. The molecule has 2 heterocycles. The van der Waals surface area contributed by atoms with E-state index in [0.29, 0.717) is 22.8 Å². The van der Waals surface area contributed by atoms with Gasteiger partial charge in [-0.25, -0.2) is 9.97 Å². The van der Waals surface area contributed by atoms with Crippen molar-refractivity contribution in [3.63, 3.8) is 0 Å². The standard InChI is InChI=1S/C17H16N4O2/c1-11-6-8-18-15(17(11)21-13(3)23)5-4-14-7-9-19-16(10-14)20-12(2)22/h6-10H,1-3H3,(H,21,23)(H,19,20,22). The summed E-state index contributed by atoms with van der Waals surface area (Å²) in [5, 5.41) is 5.34. The molecule has 116 valence electrons. The van der Waals surface area contributed by atoms with Gasteiger partial charge in [-0.2, -0.15) is 0 Å². The summed E-state index contributed by atoms with van der Waals surface area (Å²) >= 11 is 0. The van der Waals surface area contributed by atoms with E-state index in [-0.39, 0.29) is 11.8 Å². The highest BCUT2D eigenvalue weighted by atomic mass is 16.2. The maximum absolute atomic E-state index is 11.3. The minimum atomic E-state index is -0.198. The third-order valence-electron chi connectivity index (χ3n) is 2.85. The van der Waals surface area contributed by atoms with Crippen LogP contribution >= 0.6 is 0 Å². The Balaban J connectivity index is 2.34. The van der Waals surface area contributed by atoms with Crippen LogP contribution in [0.4, 0.5) is 11.5 Å². The Morgan fingerprint density at radius 2 is 1.70 bits per heavy atom. The van der Waals surface area contributed by atoms with Crippen molar-refractivity contribution in [2.45, 2.75) is 20.8 Å². The summed E-state index contributed by atoms with van der Waals surface area (Å²) in [5.74, 6) is 5.96. The fraction of sp³-hybridized carbons (Fsp3) is 0.176. The number of aryl methyl sites for hydroxylation is 1. The van der Waals surface area contributed by atoms with Crippen LogP contribution in [-0.2, 0) is 9.59 Å². The molecular weight excluding hydrogens is 292 g/mol. The summed E-state index contributed by atoms with van der Waals surface area (Å²) in [7, 11) is 0. The number of carbonyl (C=O) groups is 2. The number of rotatable bonds is 2. The van der Waals surface area contributed by atoms with Gasteiger partial charge < -0.3 is 10.6 Å². The van der Waals surface area contributed by atoms with E-state index in [0.717, 1.165) is 5.56 Å². The molecule has 0 fully saturated rings. The van der Waals surface area contributed by atoms with E-state index >= 15 is 0 Å². The zero-order chi connectivity index (χ0) is 16.8. The zero-order valence-electron chi connectivity index (χ0n) is 13.1. The van der Waals surface area contributed by atoms with Gasteiger partial charge in [0.05, 0.1) is 5.69 Å². The minimum absolute atomic E-state index is 0.180. The van der Waals surface area contributed by atoms with Crippen molar-refractivity contribution < 1.29 is 9.59 Å². The lowest BCUT2D eigenvalue weighted by Gasteiger charge is -2.07. The van der Waals surface area contributed by atoms with E-state index in [1.165, 1.54) is 13.8 Å². The molecule has 0 aliphatic carbocycles. The highest BCUT2D eigenvalue weighted by Crippen LogP contribution is 2.17. The molecule has 0 saturated heterocycles. The van der Waals surface area contributed by atoms with Gasteiger partial charge in [0, 0.05) is 31.8 Å². The summed E-state index contributed by atoms with van der Waals surface area (Å²) in [4.78, 5) is 30.6. The predicted molar refractivity (Wildman–Crippen MR) is 87.8 cm³/mol. The molecule has 23 heavy (non-hydrogen) atoms. The second kappa shape index (κ2) is 7.18. The van der Waals surface area contributed by atoms with E-state index in [9.17, 15) is 9.59 Å². The second-order valence-corrected chi connectivity index (χ2v) is 4.89. The van der Waals surface area contributed by atoms with E-state index in [2.05, 4.69) is 32.4 Å². The number of hydrogen-bond acceptors (Lipinski definition) is 4. The smallest absolute Gasteiger partial charge is 0.222 e. The van der Waals surface area contributed by atoms with Gasteiger partial charge >= 0.3 is 0 Å². The van der Waals surface area contributed by atoms with Gasteiger partial charge in [0.15, 0.2) is 0 Å². The second-order valence-electron chi connectivity index (χ2n) is 4.89. The Kier molecular flexibility index (Phi) is 5.05. The van der Waals surface area contributed by atoms with Crippen molar-refractivity contribution >= 4 is 23.3 Å². The molecule has 2 N–H and O–H groups in total. The van der Waals surface area contributed by atoms with Gasteiger partial charge in [-0.15, -0.1) is 0 Å². The monoisotopic (exact) mass is 308 g/mol. The molecular formula is C17H16N4O2. The number of amides is 2. The number of nitrogens with zero attached hydrogens (tertiary/aromatic N) is 2. The van der Waals surface area contributed by atoms with Gasteiger partial charge in [-0.05, 0) is 36.6 Å². The van der Waals surface area contributed by atoms with Crippen molar-refractivity contribution in [2.24, 2.45) is 0 Å². The van der Waals surface area contributed by atoms with Crippen LogP contribution in [0, 0.1) is 18.8 Å². The molecule has 0 saturated carbocycles. The topological polar surface area (TPSA) is 84.0 Å². The Hall–Kier alpha value is -3.20. The third kappa shape index (κ3) is 4.64. The molecule has 2 amide bonds. The Labute approximate surface area is 134 Å². The molecule has 0 spiro atoms. The van der Waals surface area contributed by atoms with Crippen LogP contribution in [0.5, 0.6) is 0 Å². The SMILES string of the molecule is CC(=O)Nc1cc(C#Cc2nccc(C)c2NC(C)=O)ccn1. The van der Waals surface area contributed by atoms with Crippen LogP contribution in [0.1, 0.15) is 30.7 Å². The highest BCUT2D eigenvalue weighted by molar-refractivity contribution is 5.91. The fourth-order valence-corrected chi connectivity index (χ4v) is 1.88. The fourth-order valence-electron chi connectivity index (χ4n) is 1.88. The van der Waals surface area contributed by atoms with Crippen molar-refractivity contribution in [1.29, 1.82) is 0 Å². The maximum Gasteiger partial charge on any atom is 0.222 e. The average molecular weight is 308 g/mol. The Bertz CT molecular complexity index is 819. The highest BCUT2D eigenvalue weighted by Gasteiger charge is 2.06. The van der Waals surface area contributed by atoms with Crippen molar-refractivity contribution in [2.75, 3.05) is 10.6 Å². The molecule has 0 aliphatic heterocycles. The third-order valence-corrected chi connectivity index (χ3v) is 2.85. The molecule has 6 heteroatoms. The molecule has 2 aromatic rings. The lowest BCUT2D eigenvalue weighted by Crippen LogP contribution is -2.09. The van der Waals surface area contributed by atoms with E-state index in [4.69, 9.17) is 0 Å². The van der Waals surface area contributed by atoms with Gasteiger partial charge in [0.25, 0.3) is 0 Å². The average Bonchev–Trinajstić information content (AvgIpc) is 2.47. The maximum atomic E-state index is 11.3. The normalized spacial score (nSPS) is 9.52. The van der Waals surface area contributed by atoms with Crippen LogP contribution in [0.2, 0.25) is 0 Å². The number of aromatic nitrogens is 2. The van der Waals surface area contributed by atoms with Gasteiger partial charge in [0.2, 0.25) is 11.8 Å². The molecule has 6 nitrogen and oxygen atoms in total. The first-order chi connectivity index (χ1) is 11.0. The quantitative estimate of drug-likeness (QED) is 0.832. The van der Waals surface area contributed by atoms with Crippen molar-refractivity contribution in [3.05, 3.63) is 47.4 Å². The van der Waals surface area contributed by atoms with Crippen LogP contribution in [-0.4, -0.2) is 21.8 Å². The van der Waals surface area contributed by atoms with E-state index < -0.39 is 0 Å². The number of carbonyl (C=O) groups excluding carboxylic acids is 2. The summed E-state index contributed by atoms with van der Waals surface area (Å²) < 4.78 is 0. The van der Waals surface area contributed by atoms with Crippen molar-refractivity contribution in [1.82, 2.24) is 9.97 Å². The lowest BCUT2D eigenvalue weighted by atomic mass is 10.1. The molecule has 2 aromatic heterocycles. The molecule has 0 aromatic carbocycles. The van der Waals surface area contributed by atoms with Crippen LogP contribution < -0.4 is 10.6 Å². The van der Waals surface area contributed by atoms with E-state index in [1.807, 2.05) is 6.92 Å². The van der Waals surface area contributed by atoms with E-state index in [1.54, 1.807) is 30.6 Å². The first-order valence-electron chi connectivity index (χ1n) is 6.94. The number of pyridine rings is 2.